The smallest absolute Gasteiger partial charge is 0.122 e. The van der Waals surface area contributed by atoms with Crippen LogP contribution >= 0.6 is 0 Å². The zero-order valence-electron chi connectivity index (χ0n) is 19.2. The molecule has 0 fully saturated rings. The van der Waals surface area contributed by atoms with Gasteiger partial charge >= 0.3 is 0 Å². The van der Waals surface area contributed by atoms with Gasteiger partial charge in [0.05, 0.1) is 0 Å². The lowest BCUT2D eigenvalue weighted by molar-refractivity contribution is 0.444. The fraction of sp³-hybridized carbons (Fsp3) is 0.538. The van der Waals surface area contributed by atoms with Crippen LogP contribution in [-0.2, 0) is 10.8 Å². The Balaban J connectivity index is 2.78. The van der Waals surface area contributed by atoms with E-state index in [1.165, 1.54) is 11.1 Å². The van der Waals surface area contributed by atoms with Crippen LogP contribution in [0, 0.1) is 13.8 Å². The monoisotopic (exact) mass is 382 g/mol. The van der Waals surface area contributed by atoms with Gasteiger partial charge in [0.1, 0.15) is 11.5 Å². The molecule has 0 unspecified atom stereocenters. The highest BCUT2D eigenvalue weighted by Crippen LogP contribution is 2.44. The Kier molecular flexibility index (Phi) is 6.23. The summed E-state index contributed by atoms with van der Waals surface area (Å²) in [6, 6.07) is 8.44. The van der Waals surface area contributed by atoms with Crippen molar-refractivity contribution in [3.63, 3.8) is 0 Å². The number of phenolic OH excluding ortho intramolecular Hbond substituents is 2. The Morgan fingerprint density at radius 2 is 1.07 bits per heavy atom. The minimum Gasteiger partial charge on any atom is -0.507 e. The number of benzene rings is 2. The normalized spacial score (nSPS) is 12.6. The molecule has 2 rings (SSSR count). The van der Waals surface area contributed by atoms with Gasteiger partial charge < -0.3 is 10.2 Å². The molecule has 0 atom stereocenters. The van der Waals surface area contributed by atoms with Gasteiger partial charge in [-0.05, 0) is 53.4 Å². The number of aryl methyl sites for hydroxylation is 2. The maximum Gasteiger partial charge on any atom is 0.122 e. The average molecular weight is 383 g/mol. The third kappa shape index (κ3) is 4.54. The third-order valence-electron chi connectivity index (χ3n) is 5.72. The van der Waals surface area contributed by atoms with E-state index in [-0.39, 0.29) is 16.7 Å². The molecular formula is C26H38O2. The maximum atomic E-state index is 11.0. The minimum absolute atomic E-state index is 0.00477. The molecule has 0 saturated carbocycles. The number of aromatic hydroxyl groups is 2. The molecule has 28 heavy (non-hydrogen) atoms. The number of phenols is 2. The summed E-state index contributed by atoms with van der Waals surface area (Å²) in [6.07, 6.45) is 1.85. The first-order chi connectivity index (χ1) is 12.8. The topological polar surface area (TPSA) is 40.5 Å². The van der Waals surface area contributed by atoms with Crippen LogP contribution in [0.4, 0.5) is 0 Å². The lowest BCUT2D eigenvalue weighted by Crippen LogP contribution is -2.15. The highest BCUT2D eigenvalue weighted by atomic mass is 16.3. The van der Waals surface area contributed by atoms with Gasteiger partial charge in [0.15, 0.2) is 0 Å². The molecule has 0 saturated heterocycles. The molecule has 2 aromatic carbocycles. The third-order valence-corrected chi connectivity index (χ3v) is 5.72. The van der Waals surface area contributed by atoms with Crippen LogP contribution in [0.3, 0.4) is 0 Å². The molecule has 0 bridgehead atoms. The van der Waals surface area contributed by atoms with Gasteiger partial charge in [0.25, 0.3) is 0 Å². The maximum absolute atomic E-state index is 11.0. The molecule has 0 aliphatic heterocycles. The fourth-order valence-corrected chi connectivity index (χ4v) is 3.78. The molecule has 2 aromatic rings. The molecule has 154 valence electrons. The van der Waals surface area contributed by atoms with Crippen molar-refractivity contribution in [2.24, 2.45) is 0 Å². The Morgan fingerprint density at radius 1 is 0.714 bits per heavy atom. The van der Waals surface area contributed by atoms with E-state index < -0.39 is 0 Å². The standard InChI is InChI=1S/C26H38O2/c1-10-11-20(21-14-18(25(4,5)6)12-16(2)23(21)27)22-15-19(26(7,8)9)13-17(3)24(22)28/h12-15,20,27-28H,10-11H2,1-9H3. The van der Waals surface area contributed by atoms with E-state index in [0.29, 0.717) is 11.5 Å². The summed E-state index contributed by atoms with van der Waals surface area (Å²) < 4.78 is 0. The first-order valence-corrected chi connectivity index (χ1v) is 10.4. The van der Waals surface area contributed by atoms with Gasteiger partial charge in [0.2, 0.25) is 0 Å². The van der Waals surface area contributed by atoms with Crippen LogP contribution in [0.1, 0.15) is 101 Å². The lowest BCUT2D eigenvalue weighted by Gasteiger charge is -2.28. The second-order valence-corrected chi connectivity index (χ2v) is 10.3. The Morgan fingerprint density at radius 3 is 1.36 bits per heavy atom. The number of hydrogen-bond acceptors (Lipinski definition) is 2. The van der Waals surface area contributed by atoms with E-state index in [1.54, 1.807) is 0 Å². The second-order valence-electron chi connectivity index (χ2n) is 10.3. The Hall–Kier alpha value is -1.96. The van der Waals surface area contributed by atoms with Crippen molar-refractivity contribution in [1.82, 2.24) is 0 Å². The van der Waals surface area contributed by atoms with Gasteiger partial charge in [-0.1, -0.05) is 79.2 Å². The molecule has 0 aromatic heterocycles. The van der Waals surface area contributed by atoms with Crippen molar-refractivity contribution in [3.05, 3.63) is 57.6 Å². The molecule has 2 N–H and O–H groups in total. The number of rotatable bonds is 4. The molecular weight excluding hydrogens is 344 g/mol. The summed E-state index contributed by atoms with van der Waals surface area (Å²) in [7, 11) is 0. The largest absolute Gasteiger partial charge is 0.507 e. The molecule has 2 heteroatoms. The van der Waals surface area contributed by atoms with Crippen LogP contribution in [0.15, 0.2) is 24.3 Å². The average Bonchev–Trinajstić information content (AvgIpc) is 2.56. The van der Waals surface area contributed by atoms with Crippen molar-refractivity contribution >= 4 is 0 Å². The van der Waals surface area contributed by atoms with Crippen LogP contribution in [0.25, 0.3) is 0 Å². The molecule has 0 aliphatic carbocycles. The molecule has 0 spiro atoms. The Labute approximate surface area is 171 Å². The Bertz CT molecular complexity index is 779. The van der Waals surface area contributed by atoms with Crippen LogP contribution < -0.4 is 0 Å². The predicted molar refractivity (Wildman–Crippen MR) is 120 cm³/mol. The van der Waals surface area contributed by atoms with Crippen molar-refractivity contribution in [3.8, 4) is 11.5 Å². The van der Waals surface area contributed by atoms with Gasteiger partial charge in [-0.15, -0.1) is 0 Å². The fourth-order valence-electron chi connectivity index (χ4n) is 3.78. The first kappa shape index (κ1) is 22.3. The van der Waals surface area contributed by atoms with Crippen LogP contribution in [0.5, 0.6) is 11.5 Å². The van der Waals surface area contributed by atoms with Gasteiger partial charge in [-0.25, -0.2) is 0 Å². The highest BCUT2D eigenvalue weighted by molar-refractivity contribution is 5.54. The summed E-state index contributed by atoms with van der Waals surface area (Å²) in [6.45, 7) is 19.2. The first-order valence-electron chi connectivity index (χ1n) is 10.4. The molecule has 0 aliphatic rings. The minimum atomic E-state index is -0.0352. The molecule has 0 radical (unpaired) electrons. The summed E-state index contributed by atoms with van der Waals surface area (Å²) in [5.41, 5.74) is 6.05. The van der Waals surface area contributed by atoms with Crippen molar-refractivity contribution in [1.29, 1.82) is 0 Å². The van der Waals surface area contributed by atoms with E-state index in [9.17, 15) is 10.2 Å². The summed E-state index contributed by atoms with van der Waals surface area (Å²) >= 11 is 0. The zero-order chi connectivity index (χ0) is 21.4. The molecule has 2 nitrogen and oxygen atoms in total. The van der Waals surface area contributed by atoms with Gasteiger partial charge in [-0.3, -0.25) is 0 Å². The van der Waals surface area contributed by atoms with E-state index >= 15 is 0 Å². The van der Waals surface area contributed by atoms with E-state index in [1.807, 2.05) is 13.8 Å². The second kappa shape index (κ2) is 7.81. The summed E-state index contributed by atoms with van der Waals surface area (Å²) in [5.74, 6) is 0.668. The lowest BCUT2D eigenvalue weighted by atomic mass is 9.77. The van der Waals surface area contributed by atoms with E-state index in [4.69, 9.17) is 0 Å². The van der Waals surface area contributed by atoms with Gasteiger partial charge in [0, 0.05) is 17.0 Å². The van der Waals surface area contributed by atoms with Crippen molar-refractivity contribution in [2.45, 2.75) is 91.9 Å². The zero-order valence-corrected chi connectivity index (χ0v) is 19.2. The van der Waals surface area contributed by atoms with Gasteiger partial charge in [-0.2, -0.15) is 0 Å². The predicted octanol–water partition coefficient (Wildman–Crippen LogP) is 7.24. The van der Waals surface area contributed by atoms with Crippen molar-refractivity contribution in [2.75, 3.05) is 0 Å². The number of hydrogen-bond donors (Lipinski definition) is 2. The highest BCUT2D eigenvalue weighted by Gasteiger charge is 2.27. The molecule has 0 amide bonds. The molecule has 0 heterocycles. The summed E-state index contributed by atoms with van der Waals surface area (Å²) in [5, 5.41) is 21.9. The quantitative estimate of drug-likeness (QED) is 0.585. The van der Waals surface area contributed by atoms with Crippen LogP contribution in [-0.4, -0.2) is 10.2 Å². The summed E-state index contributed by atoms with van der Waals surface area (Å²) in [4.78, 5) is 0. The van der Waals surface area contributed by atoms with Crippen molar-refractivity contribution < 1.29 is 10.2 Å². The van der Waals surface area contributed by atoms with E-state index in [0.717, 1.165) is 35.1 Å². The van der Waals surface area contributed by atoms with Crippen LogP contribution in [0.2, 0.25) is 0 Å². The van der Waals surface area contributed by atoms with E-state index in [2.05, 4.69) is 72.7 Å². The SMILES string of the molecule is CCCC(c1cc(C(C)(C)C)cc(C)c1O)c1cc(C(C)(C)C)cc(C)c1O.